The quantitative estimate of drug-likeness (QED) is 0.582. The van der Waals surface area contributed by atoms with Gasteiger partial charge in [0.15, 0.2) is 6.16 Å². The molecule has 0 amide bonds. The number of nitrogens with two attached hydrogens (primary N) is 1. The lowest BCUT2D eigenvalue weighted by atomic mass is 10.1. The van der Waals surface area contributed by atoms with Crippen LogP contribution in [0.1, 0.15) is 13.8 Å². The van der Waals surface area contributed by atoms with Gasteiger partial charge in [0.2, 0.25) is 0 Å². The topological polar surface area (TPSA) is 63.3 Å². The maximum absolute atomic E-state index is 10.2. The molecule has 0 aromatic rings. The fraction of sp³-hybridized carbons (Fsp3) is 1.00. The molecule has 0 saturated heterocycles. The molecule has 0 aromatic heterocycles. The third kappa shape index (κ3) is 4.52. The zero-order valence-electron chi connectivity index (χ0n) is 5.74. The molecule has 0 spiro atoms. The normalized spacial score (nSPS) is 15.9. The number of hydrogen-bond donors (Lipinski definition) is 2. The Labute approximate surface area is 56.1 Å². The fourth-order valence-corrected chi connectivity index (χ4v) is 1.17. The summed E-state index contributed by atoms with van der Waals surface area (Å²) in [6, 6.07) is -0.140. The average molecular weight is 150 g/mol. The lowest BCUT2D eigenvalue weighted by Crippen LogP contribution is -2.28. The second-order valence-corrected chi connectivity index (χ2v) is 3.51. The summed E-state index contributed by atoms with van der Waals surface area (Å²) in [6.07, 6.45) is 0.215. The molecule has 0 aromatic carbocycles. The molecule has 0 aliphatic carbocycles. The van der Waals surface area contributed by atoms with Gasteiger partial charge in [-0.3, -0.25) is 0 Å². The highest BCUT2D eigenvalue weighted by Gasteiger charge is 2.19. The Hall–Kier alpha value is 0.0200. The van der Waals surface area contributed by atoms with E-state index in [9.17, 15) is 4.57 Å². The second-order valence-electron chi connectivity index (χ2n) is 2.44. The molecule has 54 valence electrons. The van der Waals surface area contributed by atoms with Gasteiger partial charge in [0.25, 0.3) is 0 Å². The van der Waals surface area contributed by atoms with Gasteiger partial charge in [0.1, 0.15) is 0 Å². The SMILES string of the molecule is CC(C)C(N)C[P+](=O)O. The highest BCUT2D eigenvalue weighted by molar-refractivity contribution is 7.38. The van der Waals surface area contributed by atoms with Crippen LogP contribution in [0.3, 0.4) is 0 Å². The summed E-state index contributed by atoms with van der Waals surface area (Å²) in [6.45, 7) is 3.87. The molecule has 0 saturated carbocycles. The molecule has 2 atom stereocenters. The molecule has 9 heavy (non-hydrogen) atoms. The Morgan fingerprint density at radius 1 is 1.67 bits per heavy atom. The van der Waals surface area contributed by atoms with E-state index in [1.54, 1.807) is 0 Å². The first-order valence-electron chi connectivity index (χ1n) is 2.93. The Bertz CT molecular complexity index is 105. The molecule has 0 aliphatic rings. The monoisotopic (exact) mass is 150 g/mol. The largest absolute Gasteiger partial charge is 0.507 e. The average Bonchev–Trinajstić information content (AvgIpc) is 1.63. The van der Waals surface area contributed by atoms with Crippen LogP contribution in [0, 0.1) is 5.92 Å². The molecular weight excluding hydrogens is 137 g/mol. The number of rotatable bonds is 3. The summed E-state index contributed by atoms with van der Waals surface area (Å²) in [7, 11) is -2.05. The zero-order chi connectivity index (χ0) is 7.44. The molecule has 0 rings (SSSR count). The third-order valence-electron chi connectivity index (χ3n) is 1.22. The summed E-state index contributed by atoms with van der Waals surface area (Å²) in [4.78, 5) is 8.40. The molecule has 4 heteroatoms. The van der Waals surface area contributed by atoms with Gasteiger partial charge < -0.3 is 5.73 Å². The Kier molecular flexibility index (Phi) is 3.95. The van der Waals surface area contributed by atoms with Crippen LogP contribution in [0.4, 0.5) is 0 Å². The Morgan fingerprint density at radius 3 is 2.22 bits per heavy atom. The van der Waals surface area contributed by atoms with E-state index in [-0.39, 0.29) is 18.1 Å². The highest BCUT2D eigenvalue weighted by Crippen LogP contribution is 2.16. The minimum atomic E-state index is -2.05. The van der Waals surface area contributed by atoms with Gasteiger partial charge in [-0.2, -0.15) is 4.89 Å². The van der Waals surface area contributed by atoms with Crippen LogP contribution >= 0.6 is 8.03 Å². The minimum Gasteiger partial charge on any atom is -0.324 e. The molecule has 3 N–H and O–H groups in total. The molecule has 0 bridgehead atoms. The van der Waals surface area contributed by atoms with Crippen molar-refractivity contribution in [2.75, 3.05) is 6.16 Å². The van der Waals surface area contributed by atoms with Crippen molar-refractivity contribution in [2.24, 2.45) is 11.7 Å². The van der Waals surface area contributed by atoms with Crippen molar-refractivity contribution in [2.45, 2.75) is 19.9 Å². The summed E-state index contributed by atoms with van der Waals surface area (Å²) >= 11 is 0. The standard InChI is InChI=1S/C5H12NO2P/c1-4(2)5(6)3-9(7)8/h4-5H,3,6H2,1-2H3/p+1. The van der Waals surface area contributed by atoms with Crippen LogP contribution in [-0.4, -0.2) is 17.1 Å². The van der Waals surface area contributed by atoms with E-state index < -0.39 is 8.03 Å². The van der Waals surface area contributed by atoms with E-state index in [4.69, 9.17) is 10.6 Å². The maximum Gasteiger partial charge on any atom is 0.507 e. The van der Waals surface area contributed by atoms with E-state index in [1.165, 1.54) is 0 Å². The van der Waals surface area contributed by atoms with Crippen molar-refractivity contribution in [3.05, 3.63) is 0 Å². The smallest absolute Gasteiger partial charge is 0.324 e. The van der Waals surface area contributed by atoms with Crippen molar-refractivity contribution < 1.29 is 9.46 Å². The summed E-state index contributed by atoms with van der Waals surface area (Å²) < 4.78 is 10.2. The molecule has 0 radical (unpaired) electrons. The van der Waals surface area contributed by atoms with Gasteiger partial charge in [0, 0.05) is 0 Å². The van der Waals surface area contributed by atoms with Gasteiger partial charge >= 0.3 is 8.03 Å². The van der Waals surface area contributed by atoms with Crippen LogP contribution in [0.2, 0.25) is 0 Å². The number of hydrogen-bond acceptors (Lipinski definition) is 2. The van der Waals surface area contributed by atoms with E-state index in [0.717, 1.165) is 0 Å². The lowest BCUT2D eigenvalue weighted by Gasteiger charge is -2.07. The van der Waals surface area contributed by atoms with Crippen molar-refractivity contribution in [1.29, 1.82) is 0 Å². The predicted octanol–water partition coefficient (Wildman–Crippen LogP) is 0.704. The molecule has 0 fully saturated rings. The Morgan fingerprint density at radius 2 is 2.11 bits per heavy atom. The van der Waals surface area contributed by atoms with E-state index in [2.05, 4.69) is 0 Å². The van der Waals surface area contributed by atoms with Gasteiger partial charge in [0.05, 0.1) is 6.04 Å². The van der Waals surface area contributed by atoms with Crippen LogP contribution in [0.15, 0.2) is 0 Å². The summed E-state index contributed by atoms with van der Waals surface area (Å²) in [5, 5.41) is 0. The van der Waals surface area contributed by atoms with Crippen molar-refractivity contribution >= 4 is 8.03 Å². The summed E-state index contributed by atoms with van der Waals surface area (Å²) in [5.74, 6) is 0.288. The van der Waals surface area contributed by atoms with Crippen LogP contribution < -0.4 is 5.73 Å². The molecule has 3 nitrogen and oxygen atoms in total. The van der Waals surface area contributed by atoms with Gasteiger partial charge in [-0.15, -0.1) is 0 Å². The van der Waals surface area contributed by atoms with Crippen molar-refractivity contribution in [3.63, 3.8) is 0 Å². The first kappa shape index (κ1) is 9.02. The first-order chi connectivity index (χ1) is 4.04. The van der Waals surface area contributed by atoms with Crippen LogP contribution in [0.25, 0.3) is 0 Å². The molecule has 2 unspecified atom stereocenters. The third-order valence-corrected chi connectivity index (χ3v) is 1.96. The minimum absolute atomic E-state index is 0.140. The van der Waals surface area contributed by atoms with Gasteiger partial charge in [-0.25, -0.2) is 0 Å². The van der Waals surface area contributed by atoms with Gasteiger partial charge in [-0.05, 0) is 10.5 Å². The molecule has 0 heterocycles. The van der Waals surface area contributed by atoms with Crippen LogP contribution in [0.5, 0.6) is 0 Å². The molecule has 0 aliphatic heterocycles. The van der Waals surface area contributed by atoms with E-state index in [1.807, 2.05) is 13.8 Å². The zero-order valence-corrected chi connectivity index (χ0v) is 6.64. The van der Waals surface area contributed by atoms with E-state index >= 15 is 0 Å². The first-order valence-corrected chi connectivity index (χ1v) is 4.33. The lowest BCUT2D eigenvalue weighted by molar-refractivity contribution is 0.474. The Balaban J connectivity index is 3.50. The van der Waals surface area contributed by atoms with Gasteiger partial charge in [-0.1, -0.05) is 13.8 Å². The fourth-order valence-electron chi connectivity index (χ4n) is 0.391. The predicted molar refractivity (Wildman–Crippen MR) is 37.5 cm³/mol. The van der Waals surface area contributed by atoms with E-state index in [0.29, 0.717) is 0 Å². The van der Waals surface area contributed by atoms with Crippen molar-refractivity contribution in [1.82, 2.24) is 0 Å². The summed E-state index contributed by atoms with van der Waals surface area (Å²) in [5.41, 5.74) is 5.47. The van der Waals surface area contributed by atoms with Crippen molar-refractivity contribution in [3.8, 4) is 0 Å². The maximum atomic E-state index is 10.2. The molecular formula is C5H13NO2P+. The second kappa shape index (κ2) is 3.94. The highest BCUT2D eigenvalue weighted by atomic mass is 31.1. The van der Waals surface area contributed by atoms with Crippen LogP contribution in [-0.2, 0) is 4.57 Å².